The minimum absolute atomic E-state index is 0.270. The van der Waals surface area contributed by atoms with E-state index in [-0.39, 0.29) is 5.75 Å². The lowest BCUT2D eigenvalue weighted by molar-refractivity contribution is -0.138. The van der Waals surface area contributed by atoms with E-state index in [4.69, 9.17) is 9.84 Å². The van der Waals surface area contributed by atoms with Crippen LogP contribution >= 0.6 is 15.9 Å². The van der Waals surface area contributed by atoms with Gasteiger partial charge in [0.15, 0.2) is 11.4 Å². The Kier molecular flexibility index (Phi) is 4.17. The van der Waals surface area contributed by atoms with Crippen molar-refractivity contribution in [2.45, 2.75) is 6.18 Å². The quantitative estimate of drug-likeness (QED) is 0.882. The molecule has 0 saturated heterocycles. The van der Waals surface area contributed by atoms with Crippen LogP contribution in [0.5, 0.6) is 11.5 Å². The molecule has 1 aromatic heterocycles. The smallest absolute Gasteiger partial charge is 0.419 e. The summed E-state index contributed by atoms with van der Waals surface area (Å²) >= 11 is 3.04. The molecule has 2 aromatic rings. The van der Waals surface area contributed by atoms with E-state index in [0.29, 0.717) is 4.47 Å². The first kappa shape index (κ1) is 15.3. The first-order valence-corrected chi connectivity index (χ1v) is 6.31. The van der Waals surface area contributed by atoms with Crippen molar-refractivity contribution in [3.63, 3.8) is 0 Å². The maximum absolute atomic E-state index is 12.9. The lowest BCUT2D eigenvalue weighted by atomic mass is 10.2. The number of hydrogen-bond donors (Lipinski definition) is 1. The number of halogens is 4. The lowest BCUT2D eigenvalue weighted by Crippen LogP contribution is -2.08. The van der Waals surface area contributed by atoms with Crippen molar-refractivity contribution in [3.8, 4) is 11.5 Å². The second-order valence-corrected chi connectivity index (χ2v) is 4.81. The molecule has 1 N–H and O–H groups in total. The summed E-state index contributed by atoms with van der Waals surface area (Å²) in [4.78, 5) is 14.6. The highest BCUT2D eigenvalue weighted by atomic mass is 79.9. The molecule has 8 heteroatoms. The number of rotatable bonds is 3. The Morgan fingerprint density at radius 2 is 1.95 bits per heavy atom. The topological polar surface area (TPSA) is 59.4 Å². The van der Waals surface area contributed by atoms with Crippen molar-refractivity contribution in [2.24, 2.45) is 0 Å². The zero-order chi connectivity index (χ0) is 15.6. The molecule has 110 valence electrons. The van der Waals surface area contributed by atoms with Gasteiger partial charge in [-0.2, -0.15) is 13.2 Å². The third kappa shape index (κ3) is 3.52. The minimum atomic E-state index is -4.62. The molecule has 1 heterocycles. The third-order valence-corrected chi connectivity index (χ3v) is 2.94. The average molecular weight is 362 g/mol. The van der Waals surface area contributed by atoms with Gasteiger partial charge in [-0.05, 0) is 30.3 Å². The number of carbonyl (C=O) groups is 1. The first-order valence-electron chi connectivity index (χ1n) is 5.52. The fourth-order valence-corrected chi connectivity index (χ4v) is 1.91. The van der Waals surface area contributed by atoms with Crippen molar-refractivity contribution in [1.82, 2.24) is 4.98 Å². The maximum atomic E-state index is 12.9. The van der Waals surface area contributed by atoms with Gasteiger partial charge in [-0.15, -0.1) is 0 Å². The van der Waals surface area contributed by atoms with Crippen LogP contribution in [0.15, 0.2) is 41.0 Å². The molecule has 0 saturated carbocycles. The molecule has 0 aliphatic carbocycles. The Balaban J connectivity index is 2.49. The predicted octanol–water partition coefficient (Wildman–Crippen LogP) is 4.35. The highest BCUT2D eigenvalue weighted by molar-refractivity contribution is 9.10. The fraction of sp³-hybridized carbons (Fsp3) is 0.0769. The van der Waals surface area contributed by atoms with Gasteiger partial charge in [0.2, 0.25) is 0 Å². The van der Waals surface area contributed by atoms with E-state index in [1.165, 1.54) is 24.4 Å². The Morgan fingerprint density at radius 1 is 1.24 bits per heavy atom. The highest BCUT2D eigenvalue weighted by Crippen LogP contribution is 2.39. The number of alkyl halides is 3. The summed E-state index contributed by atoms with van der Waals surface area (Å²) in [6.45, 7) is 0. The number of hydrogen-bond acceptors (Lipinski definition) is 3. The third-order valence-electron chi connectivity index (χ3n) is 2.44. The molecule has 4 nitrogen and oxygen atoms in total. The molecule has 0 amide bonds. The highest BCUT2D eigenvalue weighted by Gasteiger charge is 2.35. The molecular formula is C13H7BrF3NO3. The maximum Gasteiger partial charge on any atom is 0.419 e. The zero-order valence-electron chi connectivity index (χ0n) is 10.2. The number of ether oxygens (including phenoxy) is 1. The summed E-state index contributed by atoms with van der Waals surface area (Å²) in [5, 5.41) is 8.95. The number of aromatic carboxylic acids is 1. The van der Waals surface area contributed by atoms with E-state index in [1.807, 2.05) is 0 Å². The van der Waals surface area contributed by atoms with E-state index >= 15 is 0 Å². The Labute approximate surface area is 125 Å². The van der Waals surface area contributed by atoms with Gasteiger partial charge >= 0.3 is 12.1 Å². The molecule has 2 rings (SSSR count). The molecule has 0 radical (unpaired) electrons. The van der Waals surface area contributed by atoms with Crippen LogP contribution in [0.25, 0.3) is 0 Å². The number of nitrogens with zero attached hydrogens (tertiary/aromatic N) is 1. The number of aromatic nitrogens is 1. The first-order chi connectivity index (χ1) is 9.79. The lowest BCUT2D eigenvalue weighted by Gasteiger charge is -2.14. The summed E-state index contributed by atoms with van der Waals surface area (Å²) < 4.78 is 44.2. The normalized spacial score (nSPS) is 11.2. The SMILES string of the molecule is O=C(O)c1ncccc1Oc1cc(Br)ccc1C(F)(F)F. The van der Waals surface area contributed by atoms with E-state index in [9.17, 15) is 18.0 Å². The van der Waals surface area contributed by atoms with E-state index in [1.54, 1.807) is 0 Å². The molecule has 0 fully saturated rings. The van der Waals surface area contributed by atoms with E-state index in [2.05, 4.69) is 20.9 Å². The van der Waals surface area contributed by atoms with Crippen LogP contribution in [0.3, 0.4) is 0 Å². The predicted molar refractivity (Wildman–Crippen MR) is 70.4 cm³/mol. The molecular weight excluding hydrogens is 355 g/mol. The number of carboxylic acid groups (broad SMARTS) is 1. The number of pyridine rings is 1. The average Bonchev–Trinajstić information content (AvgIpc) is 2.37. The fourth-order valence-electron chi connectivity index (χ4n) is 1.57. The van der Waals surface area contributed by atoms with Gasteiger partial charge in [0.1, 0.15) is 5.75 Å². The van der Waals surface area contributed by atoms with Gasteiger partial charge in [0.25, 0.3) is 0 Å². The summed E-state index contributed by atoms with van der Waals surface area (Å²) in [5.74, 6) is -2.17. The van der Waals surface area contributed by atoms with Gasteiger partial charge in [0, 0.05) is 10.7 Å². The minimum Gasteiger partial charge on any atom is -0.476 e. The summed E-state index contributed by atoms with van der Waals surface area (Å²) in [6, 6.07) is 5.78. The van der Waals surface area contributed by atoms with E-state index < -0.39 is 29.2 Å². The van der Waals surface area contributed by atoms with Crippen LogP contribution in [0.2, 0.25) is 0 Å². The van der Waals surface area contributed by atoms with Gasteiger partial charge in [-0.3, -0.25) is 0 Å². The molecule has 1 aromatic carbocycles. The van der Waals surface area contributed by atoms with E-state index in [0.717, 1.165) is 12.1 Å². The number of benzene rings is 1. The summed E-state index contributed by atoms with van der Waals surface area (Å²) in [7, 11) is 0. The Hall–Kier alpha value is -2.09. The van der Waals surface area contributed by atoms with Crippen LogP contribution in [-0.4, -0.2) is 16.1 Å². The second kappa shape index (κ2) is 5.72. The number of carboxylic acids is 1. The van der Waals surface area contributed by atoms with Gasteiger partial charge in [-0.1, -0.05) is 15.9 Å². The van der Waals surface area contributed by atoms with Crippen molar-refractivity contribution >= 4 is 21.9 Å². The van der Waals surface area contributed by atoms with Crippen molar-refractivity contribution < 1.29 is 27.8 Å². The van der Waals surface area contributed by atoms with Crippen LogP contribution < -0.4 is 4.74 Å². The monoisotopic (exact) mass is 361 g/mol. The van der Waals surface area contributed by atoms with Gasteiger partial charge in [-0.25, -0.2) is 9.78 Å². The van der Waals surface area contributed by atoms with Crippen LogP contribution in [-0.2, 0) is 6.18 Å². The van der Waals surface area contributed by atoms with Gasteiger partial charge in [0.05, 0.1) is 5.56 Å². The molecule has 0 bridgehead atoms. The zero-order valence-corrected chi connectivity index (χ0v) is 11.8. The summed E-state index contributed by atoms with van der Waals surface area (Å²) in [5.41, 5.74) is -1.48. The van der Waals surface area contributed by atoms with Crippen LogP contribution in [0.4, 0.5) is 13.2 Å². The van der Waals surface area contributed by atoms with Crippen molar-refractivity contribution in [2.75, 3.05) is 0 Å². The van der Waals surface area contributed by atoms with Crippen LogP contribution in [0.1, 0.15) is 16.1 Å². The molecule has 21 heavy (non-hydrogen) atoms. The van der Waals surface area contributed by atoms with Crippen molar-refractivity contribution in [3.05, 3.63) is 52.3 Å². The van der Waals surface area contributed by atoms with Gasteiger partial charge < -0.3 is 9.84 Å². The standard InChI is InChI=1S/C13H7BrF3NO3/c14-7-3-4-8(13(15,16)17)10(6-7)21-9-2-1-5-18-11(9)12(19)20/h1-6H,(H,19,20). The summed E-state index contributed by atoms with van der Waals surface area (Å²) in [6.07, 6.45) is -3.41. The Bertz CT molecular complexity index is 689. The van der Waals surface area contributed by atoms with Crippen molar-refractivity contribution in [1.29, 1.82) is 0 Å². The van der Waals surface area contributed by atoms with Crippen LogP contribution in [0, 0.1) is 0 Å². The molecule has 0 aliphatic rings. The molecule has 0 spiro atoms. The Morgan fingerprint density at radius 3 is 2.57 bits per heavy atom. The molecule has 0 atom stereocenters. The second-order valence-electron chi connectivity index (χ2n) is 3.90. The largest absolute Gasteiger partial charge is 0.476 e. The molecule has 0 aliphatic heterocycles. The molecule has 0 unspecified atom stereocenters.